The molecule has 0 fully saturated rings. The molecule has 0 aliphatic carbocycles. The van der Waals surface area contributed by atoms with Crippen molar-refractivity contribution >= 4 is 34.0 Å². The number of hydrogen-bond acceptors (Lipinski definition) is 6. The van der Waals surface area contributed by atoms with E-state index in [1.54, 1.807) is 24.3 Å². The van der Waals surface area contributed by atoms with E-state index in [9.17, 15) is 24.5 Å². The number of hydrogen-bond donors (Lipinski definition) is 2. The van der Waals surface area contributed by atoms with E-state index in [-0.39, 0.29) is 22.5 Å². The zero-order valence-electron chi connectivity index (χ0n) is 14.7. The highest BCUT2D eigenvalue weighted by atomic mass is 16.6. The van der Waals surface area contributed by atoms with Gasteiger partial charge in [0, 0.05) is 30.3 Å². The topological polar surface area (TPSA) is 136 Å². The van der Waals surface area contributed by atoms with Crippen LogP contribution in [0.3, 0.4) is 0 Å². The number of nitro benzene ring substituents is 1. The van der Waals surface area contributed by atoms with Crippen molar-refractivity contribution in [1.29, 1.82) is 0 Å². The van der Waals surface area contributed by atoms with E-state index >= 15 is 0 Å². The number of anilines is 1. The minimum Gasteiger partial charge on any atom is -0.354 e. The van der Waals surface area contributed by atoms with E-state index in [1.807, 2.05) is 0 Å². The Morgan fingerprint density at radius 1 is 1.14 bits per heavy atom. The second-order valence-corrected chi connectivity index (χ2v) is 5.79. The second-order valence-electron chi connectivity index (χ2n) is 5.79. The van der Waals surface area contributed by atoms with Crippen LogP contribution < -0.4 is 16.2 Å². The fourth-order valence-electron chi connectivity index (χ4n) is 2.66. The van der Waals surface area contributed by atoms with Crippen LogP contribution in [0.5, 0.6) is 0 Å². The normalized spacial score (nSPS) is 10.5. The third kappa shape index (κ3) is 3.70. The Bertz CT molecular complexity index is 1150. The van der Waals surface area contributed by atoms with Gasteiger partial charge in [-0.1, -0.05) is 24.3 Å². The minimum atomic E-state index is -0.617. The summed E-state index contributed by atoms with van der Waals surface area (Å²) in [5.74, 6) is -1.11. The average Bonchev–Trinajstić information content (AvgIpc) is 2.69. The van der Waals surface area contributed by atoms with Gasteiger partial charge in [0.05, 0.1) is 10.3 Å². The minimum absolute atomic E-state index is 0.0147. The van der Waals surface area contributed by atoms with Gasteiger partial charge in [0.15, 0.2) is 5.69 Å². The Balaban J connectivity index is 1.93. The molecule has 10 heteroatoms. The number of rotatable bonds is 5. The zero-order valence-corrected chi connectivity index (χ0v) is 14.7. The van der Waals surface area contributed by atoms with Crippen LogP contribution in [0.4, 0.5) is 11.4 Å². The standard InChI is InChI=1S/C18H15N5O5/c1-19-17(25)16-13-7-2-3-8-14(13)18(26)22(21-16)10-15(24)20-11-5-4-6-12(9-11)23(27)28/h2-9H,10H2,1H3,(H,19,25)(H,20,24). The molecule has 0 unspecified atom stereocenters. The molecule has 142 valence electrons. The smallest absolute Gasteiger partial charge is 0.275 e. The van der Waals surface area contributed by atoms with Crippen molar-refractivity contribution in [3.8, 4) is 0 Å². The van der Waals surface area contributed by atoms with Crippen molar-refractivity contribution < 1.29 is 14.5 Å². The summed E-state index contributed by atoms with van der Waals surface area (Å²) in [7, 11) is 1.43. The first-order valence-corrected chi connectivity index (χ1v) is 8.17. The number of nitrogens with zero attached hydrogens (tertiary/aromatic N) is 3. The molecule has 2 aromatic carbocycles. The van der Waals surface area contributed by atoms with Gasteiger partial charge in [-0.15, -0.1) is 0 Å². The molecule has 0 atom stereocenters. The first-order valence-electron chi connectivity index (χ1n) is 8.17. The van der Waals surface area contributed by atoms with Crippen molar-refractivity contribution in [2.24, 2.45) is 0 Å². The van der Waals surface area contributed by atoms with Crippen LogP contribution in [0.15, 0.2) is 53.3 Å². The fraction of sp³-hybridized carbons (Fsp3) is 0.111. The zero-order chi connectivity index (χ0) is 20.3. The van der Waals surface area contributed by atoms with Crippen molar-refractivity contribution in [1.82, 2.24) is 15.1 Å². The van der Waals surface area contributed by atoms with Gasteiger partial charge in [-0.2, -0.15) is 5.10 Å². The highest BCUT2D eigenvalue weighted by molar-refractivity contribution is 6.04. The lowest BCUT2D eigenvalue weighted by molar-refractivity contribution is -0.384. The number of fused-ring (bicyclic) bond motifs is 1. The first kappa shape index (κ1) is 18.7. The van der Waals surface area contributed by atoms with Crippen LogP contribution in [-0.2, 0) is 11.3 Å². The van der Waals surface area contributed by atoms with Gasteiger partial charge in [0.2, 0.25) is 5.91 Å². The molecule has 0 saturated carbocycles. The third-order valence-corrected chi connectivity index (χ3v) is 3.94. The molecule has 0 spiro atoms. The lowest BCUT2D eigenvalue weighted by Crippen LogP contribution is -2.33. The van der Waals surface area contributed by atoms with Crippen LogP contribution in [0.1, 0.15) is 10.5 Å². The molecule has 1 aromatic heterocycles. The maximum Gasteiger partial charge on any atom is 0.275 e. The second kappa shape index (κ2) is 7.66. The number of amides is 2. The summed E-state index contributed by atoms with van der Waals surface area (Å²) in [6.45, 7) is -0.462. The van der Waals surface area contributed by atoms with Crippen molar-refractivity contribution in [2.45, 2.75) is 6.54 Å². The van der Waals surface area contributed by atoms with Crippen molar-refractivity contribution in [3.63, 3.8) is 0 Å². The Morgan fingerprint density at radius 2 is 1.86 bits per heavy atom. The van der Waals surface area contributed by atoms with Crippen LogP contribution in [0, 0.1) is 10.1 Å². The van der Waals surface area contributed by atoms with E-state index in [1.165, 1.54) is 31.3 Å². The van der Waals surface area contributed by atoms with Gasteiger partial charge in [0.1, 0.15) is 6.54 Å². The third-order valence-electron chi connectivity index (χ3n) is 3.94. The lowest BCUT2D eigenvalue weighted by atomic mass is 10.1. The SMILES string of the molecule is CNC(=O)c1nn(CC(=O)Nc2cccc([N+](=O)[O-])c2)c(=O)c2ccccc12. The number of nitrogens with one attached hydrogen (secondary N) is 2. The number of carbonyl (C=O) groups is 2. The Labute approximate surface area is 157 Å². The van der Waals surface area contributed by atoms with Gasteiger partial charge >= 0.3 is 0 Å². The largest absolute Gasteiger partial charge is 0.354 e. The molecule has 0 radical (unpaired) electrons. The van der Waals surface area contributed by atoms with E-state index < -0.39 is 28.8 Å². The molecule has 2 N–H and O–H groups in total. The summed E-state index contributed by atoms with van der Waals surface area (Å²) in [4.78, 5) is 47.3. The molecule has 0 aliphatic heterocycles. The summed E-state index contributed by atoms with van der Waals surface area (Å²) in [5.41, 5.74) is -0.487. The predicted octanol–water partition coefficient (Wildman–Crippen LogP) is 1.30. The van der Waals surface area contributed by atoms with Crippen LogP contribution in [0.25, 0.3) is 10.8 Å². The lowest BCUT2D eigenvalue weighted by Gasteiger charge is -2.10. The summed E-state index contributed by atoms with van der Waals surface area (Å²) >= 11 is 0. The van der Waals surface area contributed by atoms with Crippen molar-refractivity contribution in [2.75, 3.05) is 12.4 Å². The molecule has 0 saturated heterocycles. The highest BCUT2D eigenvalue weighted by Gasteiger charge is 2.17. The first-order chi connectivity index (χ1) is 13.4. The number of non-ortho nitro benzene ring substituents is 1. The average molecular weight is 381 g/mol. The molecule has 1 heterocycles. The van der Waals surface area contributed by atoms with Crippen LogP contribution in [-0.4, -0.2) is 33.6 Å². The number of benzene rings is 2. The quantitative estimate of drug-likeness (QED) is 0.505. The maximum absolute atomic E-state index is 12.6. The summed E-state index contributed by atoms with van der Waals surface area (Å²) in [6.07, 6.45) is 0. The number of aromatic nitrogens is 2. The summed E-state index contributed by atoms with van der Waals surface area (Å²) in [5, 5.41) is 20.4. The van der Waals surface area contributed by atoms with Crippen LogP contribution in [0.2, 0.25) is 0 Å². The number of carbonyl (C=O) groups excluding carboxylic acids is 2. The molecule has 0 aliphatic rings. The van der Waals surface area contributed by atoms with Crippen molar-refractivity contribution in [3.05, 3.63) is 74.7 Å². The predicted molar refractivity (Wildman–Crippen MR) is 101 cm³/mol. The molecule has 10 nitrogen and oxygen atoms in total. The van der Waals surface area contributed by atoms with Gasteiger partial charge in [-0.05, 0) is 12.1 Å². The molecule has 3 aromatic rings. The fourth-order valence-corrected chi connectivity index (χ4v) is 2.66. The van der Waals surface area contributed by atoms with Gasteiger partial charge in [0.25, 0.3) is 17.2 Å². The van der Waals surface area contributed by atoms with Gasteiger partial charge in [-0.25, -0.2) is 4.68 Å². The Morgan fingerprint density at radius 3 is 2.54 bits per heavy atom. The molecular weight excluding hydrogens is 366 g/mol. The molecule has 0 bridgehead atoms. The Hall–Kier alpha value is -4.08. The van der Waals surface area contributed by atoms with Crippen LogP contribution >= 0.6 is 0 Å². The monoisotopic (exact) mass is 381 g/mol. The molecule has 3 rings (SSSR count). The maximum atomic E-state index is 12.6. The molecule has 28 heavy (non-hydrogen) atoms. The van der Waals surface area contributed by atoms with Gasteiger partial charge < -0.3 is 10.6 Å². The summed E-state index contributed by atoms with van der Waals surface area (Å²) < 4.78 is 0.888. The van der Waals surface area contributed by atoms with Gasteiger partial charge in [-0.3, -0.25) is 24.5 Å². The summed E-state index contributed by atoms with van der Waals surface area (Å²) in [6, 6.07) is 11.9. The van der Waals surface area contributed by atoms with E-state index in [0.29, 0.717) is 5.39 Å². The highest BCUT2D eigenvalue weighted by Crippen LogP contribution is 2.17. The van der Waals surface area contributed by atoms with E-state index in [0.717, 1.165) is 4.68 Å². The molecule has 2 amide bonds. The Kier molecular flexibility index (Phi) is 5.12. The molecular formula is C18H15N5O5. The van der Waals surface area contributed by atoms with E-state index in [2.05, 4.69) is 15.7 Å². The number of nitro groups is 1. The van der Waals surface area contributed by atoms with E-state index in [4.69, 9.17) is 0 Å².